The van der Waals surface area contributed by atoms with E-state index in [9.17, 15) is 4.79 Å². The van der Waals surface area contributed by atoms with Gasteiger partial charge in [0.05, 0.1) is 5.54 Å². The minimum absolute atomic E-state index is 0.0937. The molecule has 0 amide bonds. The normalized spacial score (nSPS) is 15.2. The number of carbonyl (C=O) groups is 1. The molecule has 2 heteroatoms. The van der Waals surface area contributed by atoms with Crippen LogP contribution in [0.2, 0.25) is 0 Å². The third-order valence-corrected chi connectivity index (χ3v) is 2.71. The van der Waals surface area contributed by atoms with Crippen molar-refractivity contribution in [1.82, 2.24) is 5.32 Å². The van der Waals surface area contributed by atoms with E-state index >= 15 is 0 Å². The number of rotatable bonds is 7. The van der Waals surface area contributed by atoms with E-state index in [4.69, 9.17) is 0 Å². The van der Waals surface area contributed by atoms with Crippen LogP contribution in [-0.2, 0) is 4.79 Å². The Bertz CT molecular complexity index is 198. The molecule has 0 spiro atoms. The highest BCUT2D eigenvalue weighted by Crippen LogP contribution is 2.18. The Morgan fingerprint density at radius 2 is 2.14 bits per heavy atom. The monoisotopic (exact) mass is 197 g/mol. The molecular weight excluding hydrogens is 174 g/mol. The van der Waals surface area contributed by atoms with Crippen molar-refractivity contribution < 1.29 is 4.79 Å². The Morgan fingerprint density at radius 1 is 1.57 bits per heavy atom. The van der Waals surface area contributed by atoms with Crippen molar-refractivity contribution in [2.24, 2.45) is 5.92 Å². The SMILES string of the molecule is C=CCCC[C@](C)(NC)C(=O)C(C)C. The van der Waals surface area contributed by atoms with Crippen LogP contribution in [0.25, 0.3) is 0 Å². The zero-order valence-corrected chi connectivity index (χ0v) is 9.89. The van der Waals surface area contributed by atoms with E-state index < -0.39 is 0 Å². The van der Waals surface area contributed by atoms with Crippen LogP contribution in [0, 0.1) is 5.92 Å². The molecular formula is C12H23NO. The van der Waals surface area contributed by atoms with Gasteiger partial charge in [-0.05, 0) is 33.2 Å². The van der Waals surface area contributed by atoms with Crippen LogP contribution in [0.5, 0.6) is 0 Å². The van der Waals surface area contributed by atoms with Crippen molar-refractivity contribution in [3.05, 3.63) is 12.7 Å². The fourth-order valence-corrected chi connectivity index (χ4v) is 1.61. The van der Waals surface area contributed by atoms with Crippen molar-refractivity contribution in [3.63, 3.8) is 0 Å². The lowest BCUT2D eigenvalue weighted by Gasteiger charge is -2.29. The molecule has 14 heavy (non-hydrogen) atoms. The van der Waals surface area contributed by atoms with Crippen molar-refractivity contribution in [2.45, 2.75) is 45.6 Å². The van der Waals surface area contributed by atoms with Crippen molar-refractivity contribution >= 4 is 5.78 Å². The summed E-state index contributed by atoms with van der Waals surface area (Å²) in [7, 11) is 1.86. The van der Waals surface area contributed by atoms with Gasteiger partial charge < -0.3 is 5.32 Å². The molecule has 82 valence electrons. The van der Waals surface area contributed by atoms with Gasteiger partial charge >= 0.3 is 0 Å². The van der Waals surface area contributed by atoms with Gasteiger partial charge in [0.15, 0.2) is 5.78 Å². The average Bonchev–Trinajstić information content (AvgIpc) is 2.16. The Hall–Kier alpha value is -0.630. The number of unbranched alkanes of at least 4 members (excludes halogenated alkanes) is 1. The fourth-order valence-electron chi connectivity index (χ4n) is 1.61. The molecule has 0 fully saturated rings. The van der Waals surface area contributed by atoms with Gasteiger partial charge in [0.25, 0.3) is 0 Å². The Labute approximate surface area is 87.8 Å². The Balaban J connectivity index is 4.30. The first kappa shape index (κ1) is 13.4. The third kappa shape index (κ3) is 3.62. The highest BCUT2D eigenvalue weighted by Gasteiger charge is 2.31. The van der Waals surface area contributed by atoms with Crippen LogP contribution in [-0.4, -0.2) is 18.4 Å². The zero-order valence-electron chi connectivity index (χ0n) is 9.89. The van der Waals surface area contributed by atoms with E-state index in [1.54, 1.807) is 0 Å². The lowest BCUT2D eigenvalue weighted by atomic mass is 9.85. The van der Waals surface area contributed by atoms with Crippen molar-refractivity contribution in [1.29, 1.82) is 0 Å². The first-order chi connectivity index (χ1) is 6.48. The predicted molar refractivity (Wildman–Crippen MR) is 61.4 cm³/mol. The maximum Gasteiger partial charge on any atom is 0.155 e. The maximum absolute atomic E-state index is 11.9. The molecule has 0 saturated heterocycles. The topological polar surface area (TPSA) is 29.1 Å². The number of carbonyl (C=O) groups excluding carboxylic acids is 1. The number of Topliss-reactive ketones (excluding diaryl/α,β-unsaturated/α-hetero) is 1. The lowest BCUT2D eigenvalue weighted by molar-refractivity contribution is -0.128. The van der Waals surface area contributed by atoms with E-state index in [-0.39, 0.29) is 11.5 Å². The molecule has 0 aromatic rings. The quantitative estimate of drug-likeness (QED) is 0.502. The molecule has 0 rings (SSSR count). The van der Waals surface area contributed by atoms with Crippen LogP contribution in [0.3, 0.4) is 0 Å². The second-order valence-corrected chi connectivity index (χ2v) is 4.28. The van der Waals surface area contributed by atoms with Gasteiger partial charge in [-0.15, -0.1) is 6.58 Å². The predicted octanol–water partition coefficient (Wildman–Crippen LogP) is 2.55. The largest absolute Gasteiger partial charge is 0.308 e. The standard InChI is InChI=1S/C12H23NO/c1-6-7-8-9-12(4,13-5)11(14)10(2)3/h6,10,13H,1,7-9H2,2-5H3/t12-/m0/s1. The zero-order chi connectivity index (χ0) is 11.2. The summed E-state index contributed by atoms with van der Waals surface area (Å²) in [5.41, 5.74) is -0.364. The molecule has 0 aliphatic carbocycles. The minimum Gasteiger partial charge on any atom is -0.308 e. The lowest BCUT2D eigenvalue weighted by Crippen LogP contribution is -2.49. The van der Waals surface area contributed by atoms with Crippen LogP contribution in [0.15, 0.2) is 12.7 Å². The number of allylic oxidation sites excluding steroid dienone is 1. The fraction of sp³-hybridized carbons (Fsp3) is 0.750. The second-order valence-electron chi connectivity index (χ2n) is 4.28. The molecule has 0 aliphatic heterocycles. The summed E-state index contributed by atoms with van der Waals surface area (Å²) < 4.78 is 0. The van der Waals surface area contributed by atoms with Crippen LogP contribution in [0.4, 0.5) is 0 Å². The van der Waals surface area contributed by atoms with Gasteiger partial charge in [0.1, 0.15) is 0 Å². The number of ketones is 1. The summed E-state index contributed by atoms with van der Waals surface area (Å²) in [6.45, 7) is 9.56. The summed E-state index contributed by atoms with van der Waals surface area (Å²) >= 11 is 0. The van der Waals surface area contributed by atoms with E-state index in [1.807, 2.05) is 33.9 Å². The Kier molecular flexibility index (Phi) is 5.70. The first-order valence-electron chi connectivity index (χ1n) is 5.32. The van der Waals surface area contributed by atoms with Crippen LogP contribution in [0.1, 0.15) is 40.0 Å². The molecule has 0 radical (unpaired) electrons. The molecule has 0 aliphatic rings. The highest BCUT2D eigenvalue weighted by molar-refractivity contribution is 5.89. The molecule has 1 N–H and O–H groups in total. The summed E-state index contributed by atoms with van der Waals surface area (Å²) in [5, 5.41) is 3.13. The molecule has 0 aromatic heterocycles. The van der Waals surface area contributed by atoms with E-state index in [1.165, 1.54) is 0 Å². The summed E-state index contributed by atoms with van der Waals surface area (Å²) in [6, 6.07) is 0. The van der Waals surface area contributed by atoms with E-state index in [0.29, 0.717) is 5.78 Å². The smallest absolute Gasteiger partial charge is 0.155 e. The maximum atomic E-state index is 11.9. The van der Waals surface area contributed by atoms with Crippen molar-refractivity contribution in [3.8, 4) is 0 Å². The first-order valence-corrected chi connectivity index (χ1v) is 5.32. The second kappa shape index (κ2) is 5.97. The van der Waals surface area contributed by atoms with Gasteiger partial charge in [-0.2, -0.15) is 0 Å². The van der Waals surface area contributed by atoms with E-state index in [0.717, 1.165) is 19.3 Å². The third-order valence-electron chi connectivity index (χ3n) is 2.71. The van der Waals surface area contributed by atoms with Gasteiger partial charge in [0.2, 0.25) is 0 Å². The van der Waals surface area contributed by atoms with Crippen LogP contribution >= 0.6 is 0 Å². The molecule has 0 bridgehead atoms. The number of likely N-dealkylation sites (N-methyl/N-ethyl adjacent to an activating group) is 1. The Morgan fingerprint density at radius 3 is 2.50 bits per heavy atom. The number of nitrogens with one attached hydrogen (secondary N) is 1. The molecule has 0 aromatic carbocycles. The molecule has 2 nitrogen and oxygen atoms in total. The van der Waals surface area contributed by atoms with Gasteiger partial charge in [-0.25, -0.2) is 0 Å². The average molecular weight is 197 g/mol. The van der Waals surface area contributed by atoms with Gasteiger partial charge in [-0.1, -0.05) is 19.9 Å². The van der Waals surface area contributed by atoms with Gasteiger partial charge in [-0.3, -0.25) is 4.79 Å². The van der Waals surface area contributed by atoms with Crippen LogP contribution < -0.4 is 5.32 Å². The highest BCUT2D eigenvalue weighted by atomic mass is 16.1. The molecule has 0 heterocycles. The summed E-state index contributed by atoms with van der Waals surface area (Å²) in [6.07, 6.45) is 4.77. The molecule has 0 unspecified atom stereocenters. The molecule has 1 atom stereocenters. The summed E-state index contributed by atoms with van der Waals surface area (Å²) in [5.74, 6) is 0.389. The van der Waals surface area contributed by atoms with E-state index in [2.05, 4.69) is 11.9 Å². The number of hydrogen-bond donors (Lipinski definition) is 1. The van der Waals surface area contributed by atoms with Gasteiger partial charge in [0, 0.05) is 5.92 Å². The number of hydrogen-bond acceptors (Lipinski definition) is 2. The molecule has 0 saturated carbocycles. The summed E-state index contributed by atoms with van der Waals surface area (Å²) in [4.78, 5) is 11.9. The van der Waals surface area contributed by atoms with Crippen molar-refractivity contribution in [2.75, 3.05) is 7.05 Å². The minimum atomic E-state index is -0.364.